The predicted molar refractivity (Wildman–Crippen MR) is 95.5 cm³/mol. The van der Waals surface area contributed by atoms with Crippen molar-refractivity contribution in [2.24, 2.45) is 0 Å². The lowest BCUT2D eigenvalue weighted by Crippen LogP contribution is -1.88. The van der Waals surface area contributed by atoms with E-state index in [0.717, 1.165) is 22.0 Å². The van der Waals surface area contributed by atoms with E-state index in [9.17, 15) is 0 Å². The molecule has 0 saturated heterocycles. The lowest BCUT2D eigenvalue weighted by Gasteiger charge is -1.93. The molecular formula is C17H14N4O2S2. The molecule has 0 fully saturated rings. The number of aryl methyl sites for hydroxylation is 1. The van der Waals surface area contributed by atoms with Gasteiger partial charge in [0.05, 0.1) is 22.8 Å². The topological polar surface area (TPSA) is 77.8 Å². The van der Waals surface area contributed by atoms with Crippen molar-refractivity contribution < 1.29 is 8.83 Å². The van der Waals surface area contributed by atoms with Gasteiger partial charge in [0, 0.05) is 16.7 Å². The minimum atomic E-state index is 0.520. The van der Waals surface area contributed by atoms with Gasteiger partial charge in [0.2, 0.25) is 11.8 Å². The molecule has 6 nitrogen and oxygen atoms in total. The lowest BCUT2D eigenvalue weighted by atomic mass is 10.2. The zero-order valence-corrected chi connectivity index (χ0v) is 15.0. The van der Waals surface area contributed by atoms with Crippen molar-refractivity contribution in [3.05, 3.63) is 64.3 Å². The summed E-state index contributed by atoms with van der Waals surface area (Å²) in [7, 11) is 0. The van der Waals surface area contributed by atoms with E-state index in [4.69, 9.17) is 8.83 Å². The molecule has 0 unspecified atom stereocenters. The fraction of sp³-hybridized carbons (Fsp3) is 0.176. The summed E-state index contributed by atoms with van der Waals surface area (Å²) in [6.07, 6.45) is 2.21. The third-order valence-electron chi connectivity index (χ3n) is 3.36. The van der Waals surface area contributed by atoms with Gasteiger partial charge in [-0.25, -0.2) is 9.97 Å². The van der Waals surface area contributed by atoms with Crippen LogP contribution in [-0.4, -0.2) is 20.2 Å². The monoisotopic (exact) mass is 370 g/mol. The molecule has 0 N–H and O–H groups in total. The zero-order valence-electron chi connectivity index (χ0n) is 13.4. The largest absolute Gasteiger partial charge is 0.444 e. The smallest absolute Gasteiger partial charge is 0.276 e. The Morgan fingerprint density at radius 1 is 1.08 bits per heavy atom. The van der Waals surface area contributed by atoms with Gasteiger partial charge in [-0.15, -0.1) is 21.5 Å². The summed E-state index contributed by atoms with van der Waals surface area (Å²) in [5.74, 6) is 1.78. The highest BCUT2D eigenvalue weighted by Crippen LogP contribution is 2.24. The van der Waals surface area contributed by atoms with E-state index in [1.807, 2.05) is 42.6 Å². The van der Waals surface area contributed by atoms with Crippen LogP contribution in [0.3, 0.4) is 0 Å². The third kappa shape index (κ3) is 3.97. The van der Waals surface area contributed by atoms with Crippen LogP contribution in [0.2, 0.25) is 0 Å². The first-order valence-electron chi connectivity index (χ1n) is 7.62. The molecule has 126 valence electrons. The number of rotatable bonds is 6. The van der Waals surface area contributed by atoms with Crippen molar-refractivity contribution in [2.45, 2.75) is 24.3 Å². The highest BCUT2D eigenvalue weighted by atomic mass is 32.2. The molecule has 4 aromatic rings. The maximum Gasteiger partial charge on any atom is 0.276 e. The van der Waals surface area contributed by atoms with Gasteiger partial charge < -0.3 is 8.83 Å². The van der Waals surface area contributed by atoms with E-state index in [-0.39, 0.29) is 0 Å². The van der Waals surface area contributed by atoms with Gasteiger partial charge in [0.15, 0.2) is 0 Å². The normalized spacial score (nSPS) is 11.1. The molecule has 3 heterocycles. The summed E-state index contributed by atoms with van der Waals surface area (Å²) >= 11 is 3.05. The second kappa shape index (κ2) is 7.20. The van der Waals surface area contributed by atoms with E-state index >= 15 is 0 Å². The van der Waals surface area contributed by atoms with Crippen LogP contribution < -0.4 is 0 Å². The number of hydrogen-bond acceptors (Lipinski definition) is 8. The SMILES string of the molecule is Cc1nc(Cc2nnc(SCc3coc(-c4ccccc4)n3)o2)cs1. The Balaban J connectivity index is 1.37. The van der Waals surface area contributed by atoms with Crippen LogP contribution >= 0.6 is 23.1 Å². The Hall–Kier alpha value is -2.45. The lowest BCUT2D eigenvalue weighted by molar-refractivity contribution is 0.419. The molecule has 0 saturated carbocycles. The summed E-state index contributed by atoms with van der Waals surface area (Å²) in [5.41, 5.74) is 2.74. The first-order valence-corrected chi connectivity index (χ1v) is 9.49. The van der Waals surface area contributed by atoms with Crippen LogP contribution in [0.25, 0.3) is 11.5 Å². The van der Waals surface area contributed by atoms with E-state index in [2.05, 4.69) is 20.2 Å². The van der Waals surface area contributed by atoms with Gasteiger partial charge in [-0.05, 0) is 19.1 Å². The number of aromatic nitrogens is 4. The fourth-order valence-corrected chi connectivity index (χ4v) is 3.50. The highest BCUT2D eigenvalue weighted by Gasteiger charge is 2.12. The van der Waals surface area contributed by atoms with Crippen LogP contribution in [0.5, 0.6) is 0 Å². The first kappa shape index (κ1) is 16.0. The number of thioether (sulfide) groups is 1. The second-order valence-corrected chi connectivity index (χ2v) is 7.28. The summed E-state index contributed by atoms with van der Waals surface area (Å²) in [4.78, 5) is 8.89. The van der Waals surface area contributed by atoms with Crippen LogP contribution in [0.1, 0.15) is 22.3 Å². The summed E-state index contributed by atoms with van der Waals surface area (Å²) in [6, 6.07) is 9.80. The predicted octanol–water partition coefficient (Wildman–Crippen LogP) is 4.37. The quantitative estimate of drug-likeness (QED) is 0.466. The van der Waals surface area contributed by atoms with E-state index in [1.165, 1.54) is 11.8 Å². The molecule has 0 amide bonds. The van der Waals surface area contributed by atoms with Crippen molar-refractivity contribution in [3.63, 3.8) is 0 Å². The summed E-state index contributed by atoms with van der Waals surface area (Å²) < 4.78 is 11.2. The highest BCUT2D eigenvalue weighted by molar-refractivity contribution is 7.98. The second-order valence-electron chi connectivity index (χ2n) is 5.30. The minimum Gasteiger partial charge on any atom is -0.444 e. The van der Waals surface area contributed by atoms with Crippen LogP contribution in [-0.2, 0) is 12.2 Å². The number of benzene rings is 1. The standard InChI is InChI=1S/C17H14N4O2S2/c1-11-18-13(9-24-11)7-15-20-21-17(23-15)25-10-14-8-22-16(19-14)12-5-3-2-4-6-12/h2-6,8-9H,7,10H2,1H3. The number of nitrogens with zero attached hydrogens (tertiary/aromatic N) is 4. The minimum absolute atomic E-state index is 0.520. The first-order chi connectivity index (χ1) is 12.3. The molecule has 0 aliphatic heterocycles. The third-order valence-corrected chi connectivity index (χ3v) is 5.04. The fourth-order valence-electron chi connectivity index (χ4n) is 2.23. The molecule has 25 heavy (non-hydrogen) atoms. The molecule has 1 aromatic carbocycles. The van der Waals surface area contributed by atoms with E-state index < -0.39 is 0 Å². The number of thiazole rings is 1. The van der Waals surface area contributed by atoms with E-state index in [0.29, 0.717) is 29.2 Å². The molecule has 0 aliphatic carbocycles. The van der Waals surface area contributed by atoms with E-state index in [1.54, 1.807) is 17.6 Å². The van der Waals surface area contributed by atoms with Gasteiger partial charge in [0.1, 0.15) is 6.26 Å². The van der Waals surface area contributed by atoms with Gasteiger partial charge in [-0.2, -0.15) is 0 Å². The Bertz CT molecular complexity index is 962. The molecular weight excluding hydrogens is 356 g/mol. The zero-order chi connectivity index (χ0) is 17.1. The van der Waals surface area contributed by atoms with Gasteiger partial charge in [0.25, 0.3) is 5.22 Å². The van der Waals surface area contributed by atoms with Crippen molar-refractivity contribution in [3.8, 4) is 11.5 Å². The maximum atomic E-state index is 5.66. The molecule has 4 rings (SSSR count). The Morgan fingerprint density at radius 3 is 2.76 bits per heavy atom. The average molecular weight is 370 g/mol. The molecule has 8 heteroatoms. The summed E-state index contributed by atoms with van der Waals surface area (Å²) in [5, 5.41) is 11.7. The Labute approximate surface area is 152 Å². The maximum absolute atomic E-state index is 5.66. The van der Waals surface area contributed by atoms with Gasteiger partial charge in [-0.1, -0.05) is 30.0 Å². The van der Waals surface area contributed by atoms with Crippen molar-refractivity contribution in [2.75, 3.05) is 0 Å². The molecule has 3 aromatic heterocycles. The van der Waals surface area contributed by atoms with Crippen molar-refractivity contribution >= 4 is 23.1 Å². The van der Waals surface area contributed by atoms with Crippen LogP contribution in [0.4, 0.5) is 0 Å². The Kier molecular flexibility index (Phi) is 4.62. The number of hydrogen-bond donors (Lipinski definition) is 0. The molecule has 0 atom stereocenters. The average Bonchev–Trinajstić information content (AvgIpc) is 3.36. The summed E-state index contributed by atoms with van der Waals surface area (Å²) in [6.45, 7) is 1.98. The van der Waals surface area contributed by atoms with Gasteiger partial charge in [-0.3, -0.25) is 0 Å². The number of oxazole rings is 1. The van der Waals surface area contributed by atoms with Crippen molar-refractivity contribution in [1.82, 2.24) is 20.2 Å². The van der Waals surface area contributed by atoms with Crippen molar-refractivity contribution in [1.29, 1.82) is 0 Å². The Morgan fingerprint density at radius 2 is 1.96 bits per heavy atom. The molecule has 0 bridgehead atoms. The van der Waals surface area contributed by atoms with Crippen LogP contribution in [0, 0.1) is 6.92 Å². The molecule has 0 radical (unpaired) electrons. The van der Waals surface area contributed by atoms with Gasteiger partial charge >= 0.3 is 0 Å². The molecule has 0 spiro atoms. The molecule has 0 aliphatic rings. The van der Waals surface area contributed by atoms with Crippen LogP contribution in [0.15, 0.2) is 56.0 Å².